The first-order valence-corrected chi connectivity index (χ1v) is 5.93. The van der Waals surface area contributed by atoms with Crippen LogP contribution in [-0.4, -0.2) is 60.8 Å². The van der Waals surface area contributed by atoms with Gasteiger partial charge in [0.2, 0.25) is 5.91 Å². The lowest BCUT2D eigenvalue weighted by molar-refractivity contribution is -0.139. The number of carbonyl (C=O) groups excluding carboxylic acids is 1. The second-order valence-corrected chi connectivity index (χ2v) is 4.11. The molecule has 1 amide bonds. The van der Waals surface area contributed by atoms with E-state index in [1.165, 1.54) is 0 Å². The Labute approximate surface area is 101 Å². The summed E-state index contributed by atoms with van der Waals surface area (Å²) in [4.78, 5) is 24.0. The maximum absolute atomic E-state index is 11.7. The van der Waals surface area contributed by atoms with Crippen molar-refractivity contribution in [2.75, 3.05) is 32.8 Å². The van der Waals surface area contributed by atoms with Gasteiger partial charge in [-0.05, 0) is 19.9 Å². The van der Waals surface area contributed by atoms with Crippen LogP contribution in [0.1, 0.15) is 19.8 Å². The topological polar surface area (TPSA) is 78.9 Å². The van der Waals surface area contributed by atoms with Crippen LogP contribution in [0.25, 0.3) is 0 Å². The molecule has 1 atom stereocenters. The Morgan fingerprint density at radius 2 is 2.06 bits per heavy atom. The van der Waals surface area contributed by atoms with Crippen molar-refractivity contribution in [1.82, 2.24) is 10.2 Å². The number of amides is 1. The molecule has 1 fully saturated rings. The van der Waals surface area contributed by atoms with Crippen LogP contribution in [0.15, 0.2) is 0 Å². The van der Waals surface area contributed by atoms with E-state index in [1.807, 2.05) is 0 Å². The fraction of sp³-hybridized carbons (Fsp3) is 0.818. The third-order valence-electron chi connectivity index (χ3n) is 2.75. The zero-order valence-electron chi connectivity index (χ0n) is 10.1. The van der Waals surface area contributed by atoms with Crippen molar-refractivity contribution in [3.8, 4) is 0 Å². The third kappa shape index (κ3) is 5.14. The van der Waals surface area contributed by atoms with E-state index in [-0.39, 0.29) is 5.91 Å². The van der Waals surface area contributed by atoms with Gasteiger partial charge in [-0.3, -0.25) is 9.59 Å². The van der Waals surface area contributed by atoms with Gasteiger partial charge in [-0.25, -0.2) is 0 Å². The first-order chi connectivity index (χ1) is 8.11. The van der Waals surface area contributed by atoms with Gasteiger partial charge in [0, 0.05) is 19.5 Å². The molecule has 2 N–H and O–H groups in total. The van der Waals surface area contributed by atoms with Gasteiger partial charge < -0.3 is 20.1 Å². The molecule has 0 aliphatic carbocycles. The standard InChI is InChI=1S/C11H20N2O4/c1-9(11(15)16)12-4-2-3-10(14)13-5-7-17-8-6-13/h9,12H,2-8H2,1H3,(H,15,16)/t9-/m1/s1. The van der Waals surface area contributed by atoms with Crippen LogP contribution in [0.5, 0.6) is 0 Å². The third-order valence-corrected chi connectivity index (χ3v) is 2.75. The van der Waals surface area contributed by atoms with Crippen LogP contribution in [0.2, 0.25) is 0 Å². The van der Waals surface area contributed by atoms with E-state index in [9.17, 15) is 9.59 Å². The van der Waals surface area contributed by atoms with Crippen LogP contribution in [0.3, 0.4) is 0 Å². The van der Waals surface area contributed by atoms with E-state index in [2.05, 4.69) is 5.32 Å². The van der Waals surface area contributed by atoms with Crippen LogP contribution in [0, 0.1) is 0 Å². The number of ether oxygens (including phenoxy) is 1. The molecular weight excluding hydrogens is 224 g/mol. The van der Waals surface area contributed by atoms with Crippen molar-refractivity contribution in [3.05, 3.63) is 0 Å². The molecule has 1 heterocycles. The number of hydrogen-bond acceptors (Lipinski definition) is 4. The predicted octanol–water partition coefficient (Wildman–Crippen LogP) is -0.312. The Bertz CT molecular complexity index is 264. The highest BCUT2D eigenvalue weighted by atomic mass is 16.5. The number of aliphatic carboxylic acids is 1. The summed E-state index contributed by atoms with van der Waals surface area (Å²) in [7, 11) is 0. The predicted molar refractivity (Wildman–Crippen MR) is 61.7 cm³/mol. The van der Waals surface area contributed by atoms with E-state index in [0.717, 1.165) is 0 Å². The number of hydrogen-bond donors (Lipinski definition) is 2. The highest BCUT2D eigenvalue weighted by Crippen LogP contribution is 2.01. The molecule has 1 rings (SSSR count). The number of morpholine rings is 1. The van der Waals surface area contributed by atoms with E-state index in [1.54, 1.807) is 11.8 Å². The minimum atomic E-state index is -0.871. The maximum Gasteiger partial charge on any atom is 0.320 e. The van der Waals surface area contributed by atoms with Crippen LogP contribution < -0.4 is 5.32 Å². The first kappa shape index (κ1) is 13.9. The number of nitrogens with zero attached hydrogens (tertiary/aromatic N) is 1. The van der Waals surface area contributed by atoms with Crippen molar-refractivity contribution < 1.29 is 19.4 Å². The van der Waals surface area contributed by atoms with Gasteiger partial charge >= 0.3 is 5.97 Å². The van der Waals surface area contributed by atoms with E-state index >= 15 is 0 Å². The Morgan fingerprint density at radius 1 is 1.41 bits per heavy atom. The molecule has 0 unspecified atom stereocenters. The summed E-state index contributed by atoms with van der Waals surface area (Å²) in [5.41, 5.74) is 0. The lowest BCUT2D eigenvalue weighted by atomic mass is 10.2. The highest BCUT2D eigenvalue weighted by molar-refractivity contribution is 5.76. The molecule has 0 bridgehead atoms. The maximum atomic E-state index is 11.7. The van der Waals surface area contributed by atoms with E-state index < -0.39 is 12.0 Å². The minimum absolute atomic E-state index is 0.123. The molecule has 6 nitrogen and oxygen atoms in total. The van der Waals surface area contributed by atoms with E-state index in [0.29, 0.717) is 45.7 Å². The Hall–Kier alpha value is -1.14. The van der Waals surface area contributed by atoms with Crippen LogP contribution >= 0.6 is 0 Å². The number of rotatable bonds is 6. The average molecular weight is 244 g/mol. The Kier molecular flexibility index (Phi) is 5.93. The van der Waals surface area contributed by atoms with Crippen molar-refractivity contribution in [2.45, 2.75) is 25.8 Å². The Balaban J connectivity index is 2.09. The second kappa shape index (κ2) is 7.24. The molecule has 1 aliphatic rings. The Morgan fingerprint density at radius 3 is 2.65 bits per heavy atom. The number of carboxylic acids is 1. The quantitative estimate of drug-likeness (QED) is 0.626. The van der Waals surface area contributed by atoms with Gasteiger partial charge in [0.05, 0.1) is 13.2 Å². The molecule has 0 spiro atoms. The molecule has 1 saturated heterocycles. The summed E-state index contributed by atoms with van der Waals surface area (Å²) in [6.45, 7) is 4.69. The molecule has 1 aliphatic heterocycles. The summed E-state index contributed by atoms with van der Waals surface area (Å²) in [5.74, 6) is -0.748. The van der Waals surface area contributed by atoms with Gasteiger partial charge in [0.1, 0.15) is 6.04 Å². The van der Waals surface area contributed by atoms with Crippen molar-refractivity contribution in [1.29, 1.82) is 0 Å². The zero-order valence-corrected chi connectivity index (χ0v) is 10.1. The number of carbonyl (C=O) groups is 2. The summed E-state index contributed by atoms with van der Waals surface area (Å²) in [6.07, 6.45) is 1.12. The summed E-state index contributed by atoms with van der Waals surface area (Å²) in [5, 5.41) is 11.5. The molecule has 17 heavy (non-hydrogen) atoms. The fourth-order valence-electron chi connectivity index (χ4n) is 1.62. The molecule has 0 aromatic heterocycles. The van der Waals surface area contributed by atoms with Gasteiger partial charge in [-0.1, -0.05) is 0 Å². The second-order valence-electron chi connectivity index (χ2n) is 4.11. The normalized spacial score (nSPS) is 17.8. The van der Waals surface area contributed by atoms with Crippen molar-refractivity contribution in [3.63, 3.8) is 0 Å². The summed E-state index contributed by atoms with van der Waals surface area (Å²) >= 11 is 0. The minimum Gasteiger partial charge on any atom is -0.480 e. The molecule has 0 aromatic rings. The van der Waals surface area contributed by atoms with Crippen molar-refractivity contribution >= 4 is 11.9 Å². The number of nitrogens with one attached hydrogen (secondary N) is 1. The van der Waals surface area contributed by atoms with E-state index in [4.69, 9.17) is 9.84 Å². The molecule has 98 valence electrons. The average Bonchev–Trinajstić information content (AvgIpc) is 2.35. The smallest absolute Gasteiger partial charge is 0.320 e. The lowest BCUT2D eigenvalue weighted by Gasteiger charge is -2.26. The summed E-state index contributed by atoms with van der Waals surface area (Å²) < 4.78 is 5.16. The van der Waals surface area contributed by atoms with Crippen molar-refractivity contribution in [2.24, 2.45) is 0 Å². The largest absolute Gasteiger partial charge is 0.480 e. The van der Waals surface area contributed by atoms with Gasteiger partial charge in [0.25, 0.3) is 0 Å². The molecule has 0 radical (unpaired) electrons. The fourth-order valence-corrected chi connectivity index (χ4v) is 1.62. The molecular formula is C11H20N2O4. The first-order valence-electron chi connectivity index (χ1n) is 5.93. The number of carboxylic acid groups (broad SMARTS) is 1. The van der Waals surface area contributed by atoms with Gasteiger partial charge in [-0.15, -0.1) is 0 Å². The highest BCUT2D eigenvalue weighted by Gasteiger charge is 2.16. The zero-order chi connectivity index (χ0) is 12.7. The lowest BCUT2D eigenvalue weighted by Crippen LogP contribution is -2.41. The monoisotopic (exact) mass is 244 g/mol. The molecule has 6 heteroatoms. The van der Waals surface area contributed by atoms with Gasteiger partial charge in [0.15, 0.2) is 0 Å². The van der Waals surface area contributed by atoms with Crippen LogP contribution in [-0.2, 0) is 14.3 Å². The van der Waals surface area contributed by atoms with Gasteiger partial charge in [-0.2, -0.15) is 0 Å². The van der Waals surface area contributed by atoms with Crippen LogP contribution in [0.4, 0.5) is 0 Å². The molecule has 0 saturated carbocycles. The molecule has 0 aromatic carbocycles. The SMILES string of the molecule is C[C@@H](NCCCC(=O)N1CCOCC1)C(=O)O. The summed E-state index contributed by atoms with van der Waals surface area (Å²) in [6, 6.07) is -0.562.